The Morgan fingerprint density at radius 3 is 2.67 bits per heavy atom. The summed E-state index contributed by atoms with van der Waals surface area (Å²) in [5.74, 6) is -0.0300. The fourth-order valence-electron chi connectivity index (χ4n) is 2.19. The fraction of sp³-hybridized carbons (Fsp3) is 0.235. The van der Waals surface area contributed by atoms with Crippen LogP contribution in [0.25, 0.3) is 0 Å². The van der Waals surface area contributed by atoms with Gasteiger partial charge in [0.1, 0.15) is 0 Å². The summed E-state index contributed by atoms with van der Waals surface area (Å²) in [5, 5.41) is 2.90. The van der Waals surface area contributed by atoms with Gasteiger partial charge in [-0.3, -0.25) is 9.69 Å². The van der Waals surface area contributed by atoms with Gasteiger partial charge < -0.3 is 11.1 Å². The van der Waals surface area contributed by atoms with Gasteiger partial charge >= 0.3 is 0 Å². The summed E-state index contributed by atoms with van der Waals surface area (Å²) >= 11 is 0. The molecular weight excluding hydrogens is 262 g/mol. The number of nitrogens with one attached hydrogen (secondary N) is 1. The molecule has 2 rings (SSSR count). The topological polar surface area (TPSA) is 58.4 Å². The number of nitrogens with two attached hydrogens (primary N) is 1. The van der Waals surface area contributed by atoms with Crippen molar-refractivity contribution in [3.8, 4) is 0 Å². The average Bonchev–Trinajstić information content (AvgIpc) is 2.41. The predicted molar refractivity (Wildman–Crippen MR) is 87.0 cm³/mol. The molecule has 21 heavy (non-hydrogen) atoms. The largest absolute Gasteiger partial charge is 0.398 e. The number of nitrogens with zero attached hydrogens (tertiary/aromatic N) is 1. The van der Waals surface area contributed by atoms with Crippen molar-refractivity contribution in [2.75, 3.05) is 24.6 Å². The van der Waals surface area contributed by atoms with Gasteiger partial charge in [0.05, 0.1) is 6.54 Å². The Hall–Kier alpha value is -2.33. The van der Waals surface area contributed by atoms with E-state index in [2.05, 4.69) is 5.32 Å². The second kappa shape index (κ2) is 6.90. The number of carbonyl (C=O) groups excluding carboxylic acids is 1. The third-order valence-corrected chi connectivity index (χ3v) is 3.21. The molecule has 0 fully saturated rings. The molecule has 0 spiro atoms. The Bertz CT molecular complexity index is 625. The molecule has 3 N–H and O–H groups in total. The van der Waals surface area contributed by atoms with E-state index in [9.17, 15) is 4.79 Å². The summed E-state index contributed by atoms with van der Waals surface area (Å²) in [6.45, 7) is 2.97. The lowest BCUT2D eigenvalue weighted by Crippen LogP contribution is -2.30. The SMILES string of the molecule is Cc1cccc(NC(=O)CN(C)Cc2ccccc2N)c1. The molecule has 4 heteroatoms. The van der Waals surface area contributed by atoms with Crippen molar-refractivity contribution in [1.82, 2.24) is 4.90 Å². The number of hydrogen-bond acceptors (Lipinski definition) is 3. The zero-order chi connectivity index (χ0) is 15.2. The van der Waals surface area contributed by atoms with E-state index in [1.165, 1.54) is 0 Å². The summed E-state index contributed by atoms with van der Waals surface area (Å²) in [4.78, 5) is 14.0. The highest BCUT2D eigenvalue weighted by molar-refractivity contribution is 5.92. The minimum atomic E-state index is -0.0300. The maximum absolute atomic E-state index is 12.0. The van der Waals surface area contributed by atoms with Gasteiger partial charge in [0.25, 0.3) is 0 Å². The van der Waals surface area contributed by atoms with Gasteiger partial charge in [0.15, 0.2) is 0 Å². The van der Waals surface area contributed by atoms with E-state index in [0.29, 0.717) is 13.1 Å². The first-order valence-corrected chi connectivity index (χ1v) is 6.93. The highest BCUT2D eigenvalue weighted by Gasteiger charge is 2.09. The van der Waals surface area contributed by atoms with Gasteiger partial charge in [-0.25, -0.2) is 0 Å². The zero-order valence-electron chi connectivity index (χ0n) is 12.5. The molecular formula is C17H21N3O. The molecule has 0 bridgehead atoms. The molecule has 0 radical (unpaired) electrons. The third-order valence-electron chi connectivity index (χ3n) is 3.21. The van der Waals surface area contributed by atoms with Gasteiger partial charge in [-0.05, 0) is 43.3 Å². The first kappa shape index (κ1) is 15.1. The number of aryl methyl sites for hydroxylation is 1. The standard InChI is InChI=1S/C17H21N3O/c1-13-6-5-8-15(10-13)19-17(21)12-20(2)11-14-7-3-4-9-16(14)18/h3-10H,11-12,18H2,1-2H3,(H,19,21). The molecule has 110 valence electrons. The summed E-state index contributed by atoms with van der Waals surface area (Å²) in [6.07, 6.45) is 0. The van der Waals surface area contributed by atoms with Crippen LogP contribution >= 0.6 is 0 Å². The number of hydrogen-bond donors (Lipinski definition) is 2. The lowest BCUT2D eigenvalue weighted by atomic mass is 10.2. The van der Waals surface area contributed by atoms with Crippen molar-refractivity contribution in [3.63, 3.8) is 0 Å². The van der Waals surface area contributed by atoms with Crippen LogP contribution in [-0.4, -0.2) is 24.4 Å². The van der Waals surface area contributed by atoms with Crippen molar-refractivity contribution < 1.29 is 4.79 Å². The van der Waals surface area contributed by atoms with Gasteiger partial charge in [-0.15, -0.1) is 0 Å². The maximum atomic E-state index is 12.0. The second-order valence-corrected chi connectivity index (χ2v) is 5.29. The number of rotatable bonds is 5. The van der Waals surface area contributed by atoms with E-state index in [-0.39, 0.29) is 5.91 Å². The van der Waals surface area contributed by atoms with Crippen LogP contribution in [0.2, 0.25) is 0 Å². The Morgan fingerprint density at radius 1 is 1.19 bits per heavy atom. The summed E-state index contributed by atoms with van der Waals surface area (Å²) < 4.78 is 0. The highest BCUT2D eigenvalue weighted by Crippen LogP contribution is 2.13. The molecule has 0 aromatic heterocycles. The van der Waals surface area contributed by atoms with Crippen LogP contribution in [0.3, 0.4) is 0 Å². The molecule has 0 aliphatic carbocycles. The van der Waals surface area contributed by atoms with E-state index in [1.807, 2.05) is 67.4 Å². The number of para-hydroxylation sites is 1. The molecule has 2 aromatic carbocycles. The van der Waals surface area contributed by atoms with Crippen LogP contribution in [0, 0.1) is 6.92 Å². The second-order valence-electron chi connectivity index (χ2n) is 5.29. The summed E-state index contributed by atoms with van der Waals surface area (Å²) in [6, 6.07) is 15.5. The van der Waals surface area contributed by atoms with Crippen LogP contribution < -0.4 is 11.1 Å². The van der Waals surface area contributed by atoms with Crippen LogP contribution in [0.1, 0.15) is 11.1 Å². The third kappa shape index (κ3) is 4.61. The number of likely N-dealkylation sites (N-methyl/N-ethyl adjacent to an activating group) is 1. The molecule has 0 unspecified atom stereocenters. The Labute approximate surface area is 125 Å². The zero-order valence-corrected chi connectivity index (χ0v) is 12.5. The molecule has 0 heterocycles. The van der Waals surface area contributed by atoms with E-state index >= 15 is 0 Å². The van der Waals surface area contributed by atoms with Crippen molar-refractivity contribution in [2.45, 2.75) is 13.5 Å². The monoisotopic (exact) mass is 283 g/mol. The lowest BCUT2D eigenvalue weighted by molar-refractivity contribution is -0.117. The molecule has 1 amide bonds. The number of amides is 1. The molecule has 4 nitrogen and oxygen atoms in total. The normalized spacial score (nSPS) is 10.6. The van der Waals surface area contributed by atoms with Crippen molar-refractivity contribution in [2.24, 2.45) is 0 Å². The summed E-state index contributed by atoms with van der Waals surface area (Å²) in [5.41, 5.74) is 9.65. The average molecular weight is 283 g/mol. The van der Waals surface area contributed by atoms with E-state index < -0.39 is 0 Å². The molecule has 0 aliphatic rings. The van der Waals surface area contributed by atoms with E-state index in [0.717, 1.165) is 22.5 Å². The Morgan fingerprint density at radius 2 is 1.95 bits per heavy atom. The minimum Gasteiger partial charge on any atom is -0.398 e. The van der Waals surface area contributed by atoms with Crippen molar-refractivity contribution in [1.29, 1.82) is 0 Å². The quantitative estimate of drug-likeness (QED) is 0.829. The van der Waals surface area contributed by atoms with Crippen LogP contribution in [0.4, 0.5) is 11.4 Å². The number of anilines is 2. The Balaban J connectivity index is 1.89. The van der Waals surface area contributed by atoms with Crippen molar-refractivity contribution >= 4 is 17.3 Å². The molecule has 2 aromatic rings. The van der Waals surface area contributed by atoms with Gasteiger partial charge in [0.2, 0.25) is 5.91 Å². The smallest absolute Gasteiger partial charge is 0.238 e. The van der Waals surface area contributed by atoms with E-state index in [1.54, 1.807) is 0 Å². The number of carbonyl (C=O) groups is 1. The van der Waals surface area contributed by atoms with Crippen LogP contribution in [0.5, 0.6) is 0 Å². The minimum absolute atomic E-state index is 0.0300. The highest BCUT2D eigenvalue weighted by atomic mass is 16.2. The maximum Gasteiger partial charge on any atom is 0.238 e. The number of nitrogen functional groups attached to an aromatic ring is 1. The van der Waals surface area contributed by atoms with Crippen LogP contribution in [-0.2, 0) is 11.3 Å². The summed E-state index contributed by atoms with van der Waals surface area (Å²) in [7, 11) is 1.91. The Kier molecular flexibility index (Phi) is 4.95. The fourth-order valence-corrected chi connectivity index (χ4v) is 2.19. The molecule has 0 saturated heterocycles. The number of benzene rings is 2. The van der Waals surface area contributed by atoms with Crippen molar-refractivity contribution in [3.05, 3.63) is 59.7 Å². The lowest BCUT2D eigenvalue weighted by Gasteiger charge is -2.17. The molecule has 0 aliphatic heterocycles. The first-order valence-electron chi connectivity index (χ1n) is 6.93. The van der Waals surface area contributed by atoms with Gasteiger partial charge in [0, 0.05) is 17.9 Å². The first-order chi connectivity index (χ1) is 10.0. The van der Waals surface area contributed by atoms with Gasteiger partial charge in [-0.1, -0.05) is 30.3 Å². The molecule has 0 saturated carbocycles. The van der Waals surface area contributed by atoms with Crippen LogP contribution in [0.15, 0.2) is 48.5 Å². The predicted octanol–water partition coefficient (Wildman–Crippen LogP) is 2.65. The van der Waals surface area contributed by atoms with Gasteiger partial charge in [-0.2, -0.15) is 0 Å². The molecule has 0 atom stereocenters. The van der Waals surface area contributed by atoms with E-state index in [4.69, 9.17) is 5.73 Å².